The number of rotatable bonds is 3. The van der Waals surface area contributed by atoms with Gasteiger partial charge in [-0.1, -0.05) is 18.1 Å². The summed E-state index contributed by atoms with van der Waals surface area (Å²) >= 11 is -2.43. The number of nitrogens with one attached hydrogen (secondary N) is 1. The van der Waals surface area contributed by atoms with E-state index in [0.717, 1.165) is 0 Å². The molecule has 1 rings (SSSR count). The Morgan fingerprint density at radius 1 is 1.53 bits per heavy atom. The number of hydrogen-bond donors (Lipinski definition) is 1. The third-order valence-electron chi connectivity index (χ3n) is 1.70. The van der Waals surface area contributed by atoms with Crippen LogP contribution >= 0.6 is 0 Å². The van der Waals surface area contributed by atoms with Crippen LogP contribution in [0.5, 0.6) is 0 Å². The van der Waals surface area contributed by atoms with Crippen LogP contribution in [0.4, 0.5) is 5.69 Å². The predicted molar refractivity (Wildman–Crippen MR) is 62.5 cm³/mol. The van der Waals surface area contributed by atoms with Gasteiger partial charge in [0, 0.05) is 22.8 Å². The lowest BCUT2D eigenvalue weighted by Gasteiger charge is -2.09. The fraction of sp³-hybridized carbons (Fsp3) is 0.182. The van der Waals surface area contributed by atoms with Gasteiger partial charge in [0.2, 0.25) is 0 Å². The van der Waals surface area contributed by atoms with E-state index < -0.39 is 17.2 Å². The highest BCUT2D eigenvalue weighted by atomic mass is 32.2. The molecule has 0 aliphatic carbocycles. The van der Waals surface area contributed by atoms with Crippen LogP contribution in [0.3, 0.4) is 0 Å². The molecule has 0 fully saturated rings. The Kier molecular flexibility index (Phi) is 5.20. The van der Waals surface area contributed by atoms with Gasteiger partial charge >= 0.3 is 5.97 Å². The molecular formula is C11H10NO4S-. The normalized spacial score (nSPS) is 10.9. The molecule has 0 aliphatic rings. The van der Waals surface area contributed by atoms with E-state index in [9.17, 15) is 13.6 Å². The van der Waals surface area contributed by atoms with Crippen LogP contribution in [0.15, 0.2) is 24.3 Å². The van der Waals surface area contributed by atoms with Crippen molar-refractivity contribution in [2.75, 3.05) is 11.3 Å². The van der Waals surface area contributed by atoms with Gasteiger partial charge in [-0.3, -0.25) is 4.21 Å². The van der Waals surface area contributed by atoms with Crippen LogP contribution in [0, 0.1) is 11.8 Å². The zero-order valence-corrected chi connectivity index (χ0v) is 9.87. The topological polar surface area (TPSA) is 78.5 Å². The number of carbonyl (C=O) groups excluding carboxylic acids is 1. The minimum atomic E-state index is -2.43. The SMILES string of the molecule is CCOC(=O)C#Cc1ccccc1NS(=O)[O-]. The van der Waals surface area contributed by atoms with Gasteiger partial charge in [-0.05, 0) is 19.1 Å². The first-order valence-electron chi connectivity index (χ1n) is 4.77. The average molecular weight is 252 g/mol. The molecular weight excluding hydrogens is 242 g/mol. The Labute approximate surface area is 102 Å². The maximum atomic E-state index is 11.0. The molecule has 0 amide bonds. The molecule has 1 atom stereocenters. The van der Waals surface area contributed by atoms with Gasteiger partial charge in [0.1, 0.15) is 0 Å². The molecule has 0 spiro atoms. The van der Waals surface area contributed by atoms with Crippen molar-refractivity contribution in [1.29, 1.82) is 0 Å². The van der Waals surface area contributed by atoms with Crippen molar-refractivity contribution in [2.45, 2.75) is 6.92 Å². The molecule has 1 unspecified atom stereocenters. The molecule has 17 heavy (non-hydrogen) atoms. The van der Waals surface area contributed by atoms with E-state index in [1.807, 2.05) is 0 Å². The lowest BCUT2D eigenvalue weighted by molar-refractivity contribution is -0.136. The van der Waals surface area contributed by atoms with Gasteiger partial charge in [0.15, 0.2) is 0 Å². The number of esters is 1. The second kappa shape index (κ2) is 6.68. The Morgan fingerprint density at radius 3 is 2.88 bits per heavy atom. The molecule has 0 heterocycles. The molecule has 0 saturated heterocycles. The Hall–Kier alpha value is -1.84. The number of benzene rings is 1. The smallest absolute Gasteiger partial charge is 0.384 e. The van der Waals surface area contributed by atoms with Crippen molar-refractivity contribution < 1.29 is 18.3 Å². The largest absolute Gasteiger partial charge is 0.755 e. The first-order valence-corrected chi connectivity index (χ1v) is 5.84. The Balaban J connectivity index is 2.90. The van der Waals surface area contributed by atoms with Gasteiger partial charge in [0.25, 0.3) is 0 Å². The summed E-state index contributed by atoms with van der Waals surface area (Å²) in [5, 5.41) is 0. The maximum Gasteiger partial charge on any atom is 0.384 e. The molecule has 0 bridgehead atoms. The van der Waals surface area contributed by atoms with Crippen molar-refractivity contribution in [3.05, 3.63) is 29.8 Å². The van der Waals surface area contributed by atoms with Crippen molar-refractivity contribution in [3.63, 3.8) is 0 Å². The lowest BCUT2D eigenvalue weighted by atomic mass is 10.2. The third-order valence-corrected chi connectivity index (χ3v) is 2.08. The summed E-state index contributed by atoms with van der Waals surface area (Å²) in [4.78, 5) is 11.0. The molecule has 0 saturated carbocycles. The summed E-state index contributed by atoms with van der Waals surface area (Å²) < 4.78 is 27.8. The number of ether oxygens (including phenoxy) is 1. The van der Waals surface area contributed by atoms with Gasteiger partial charge in [-0.2, -0.15) is 0 Å². The van der Waals surface area contributed by atoms with Crippen molar-refractivity contribution in [3.8, 4) is 11.8 Å². The van der Waals surface area contributed by atoms with E-state index in [-0.39, 0.29) is 6.61 Å². The van der Waals surface area contributed by atoms with Crippen molar-refractivity contribution in [2.24, 2.45) is 0 Å². The molecule has 0 radical (unpaired) electrons. The summed E-state index contributed by atoms with van der Waals surface area (Å²) in [6.45, 7) is 1.92. The highest BCUT2D eigenvalue weighted by molar-refractivity contribution is 7.80. The van der Waals surface area contributed by atoms with E-state index in [4.69, 9.17) is 0 Å². The van der Waals surface area contributed by atoms with Crippen LogP contribution < -0.4 is 4.72 Å². The molecule has 0 aliphatic heterocycles. The van der Waals surface area contributed by atoms with Gasteiger partial charge in [0.05, 0.1) is 12.3 Å². The third kappa shape index (κ3) is 4.68. The summed E-state index contributed by atoms with van der Waals surface area (Å²) in [7, 11) is 0. The first kappa shape index (κ1) is 13.2. The predicted octanol–water partition coefficient (Wildman–Crippen LogP) is 0.807. The van der Waals surface area contributed by atoms with Crippen LogP contribution in [0.2, 0.25) is 0 Å². The van der Waals surface area contributed by atoms with Crippen molar-refractivity contribution >= 4 is 22.9 Å². The minimum absolute atomic E-state index is 0.248. The standard InChI is InChI=1S/C11H11NO4S/c1-2-16-11(13)8-7-9-5-3-4-6-10(9)12-17(14)15/h3-6,12H,2H2,1H3,(H,14,15)/p-1. The molecule has 5 nitrogen and oxygen atoms in total. The number of para-hydroxylation sites is 1. The molecule has 6 heteroatoms. The second-order valence-corrected chi connectivity index (χ2v) is 3.53. The van der Waals surface area contributed by atoms with Gasteiger partial charge in [-0.15, -0.1) is 0 Å². The fourth-order valence-corrected chi connectivity index (χ4v) is 1.41. The van der Waals surface area contributed by atoms with Gasteiger partial charge in [-0.25, -0.2) is 4.79 Å². The van der Waals surface area contributed by atoms with Crippen LogP contribution in [-0.4, -0.2) is 21.3 Å². The molecule has 1 aromatic rings. The highest BCUT2D eigenvalue weighted by Gasteiger charge is 1.99. The van der Waals surface area contributed by atoms with E-state index in [1.54, 1.807) is 31.2 Å². The quantitative estimate of drug-likeness (QED) is 0.490. The highest BCUT2D eigenvalue weighted by Crippen LogP contribution is 2.13. The summed E-state index contributed by atoms with van der Waals surface area (Å²) in [5.41, 5.74) is 0.724. The van der Waals surface area contributed by atoms with E-state index >= 15 is 0 Å². The Bertz CT molecular complexity index is 490. The molecule has 90 valence electrons. The molecule has 1 N–H and O–H groups in total. The molecule has 0 aromatic heterocycles. The number of hydrogen-bond acceptors (Lipinski definition) is 4. The van der Waals surface area contributed by atoms with Gasteiger partial charge < -0.3 is 14.0 Å². The van der Waals surface area contributed by atoms with Crippen LogP contribution in [-0.2, 0) is 20.8 Å². The first-order chi connectivity index (χ1) is 8.13. The average Bonchev–Trinajstić information content (AvgIpc) is 2.27. The zero-order chi connectivity index (χ0) is 12.7. The van der Waals surface area contributed by atoms with E-state index in [1.165, 1.54) is 0 Å². The van der Waals surface area contributed by atoms with E-state index in [0.29, 0.717) is 11.3 Å². The van der Waals surface area contributed by atoms with Crippen LogP contribution in [0.25, 0.3) is 0 Å². The molecule has 1 aromatic carbocycles. The second-order valence-electron chi connectivity index (χ2n) is 2.85. The minimum Gasteiger partial charge on any atom is -0.755 e. The van der Waals surface area contributed by atoms with Crippen LogP contribution in [0.1, 0.15) is 12.5 Å². The number of carbonyl (C=O) groups is 1. The summed E-state index contributed by atoms with van der Waals surface area (Å²) in [6, 6.07) is 6.49. The zero-order valence-electron chi connectivity index (χ0n) is 9.06. The number of anilines is 1. The maximum absolute atomic E-state index is 11.0. The Morgan fingerprint density at radius 2 is 2.24 bits per heavy atom. The fourth-order valence-electron chi connectivity index (χ4n) is 1.06. The lowest BCUT2D eigenvalue weighted by Crippen LogP contribution is -2.04. The van der Waals surface area contributed by atoms with Crippen molar-refractivity contribution in [1.82, 2.24) is 0 Å². The summed E-state index contributed by atoms with van der Waals surface area (Å²) in [6.07, 6.45) is 0. The summed E-state index contributed by atoms with van der Waals surface area (Å²) in [5.74, 6) is 4.16. The monoisotopic (exact) mass is 252 g/mol. The van der Waals surface area contributed by atoms with E-state index in [2.05, 4.69) is 21.3 Å².